The van der Waals surface area contributed by atoms with Gasteiger partial charge in [-0.25, -0.2) is 8.78 Å². The molecule has 1 aromatic heterocycles. The van der Waals surface area contributed by atoms with Gasteiger partial charge in [0.1, 0.15) is 17.8 Å². The number of pyridine rings is 1. The van der Waals surface area contributed by atoms with Crippen LogP contribution < -0.4 is 21.3 Å². The minimum absolute atomic E-state index is 0.00601. The Morgan fingerprint density at radius 2 is 2.06 bits per heavy atom. The van der Waals surface area contributed by atoms with Gasteiger partial charge in [0.25, 0.3) is 0 Å². The van der Waals surface area contributed by atoms with Crippen LogP contribution in [-0.2, 0) is 4.79 Å². The smallest absolute Gasteiger partial charge is 0.234 e. The van der Waals surface area contributed by atoms with Crippen LogP contribution in [0.15, 0.2) is 17.6 Å². The van der Waals surface area contributed by atoms with Gasteiger partial charge in [0, 0.05) is 45.8 Å². The van der Waals surface area contributed by atoms with Gasteiger partial charge in [-0.1, -0.05) is 5.18 Å². The third kappa shape index (κ3) is 6.42. The highest BCUT2D eigenvalue weighted by Crippen LogP contribution is 2.30. The van der Waals surface area contributed by atoms with Gasteiger partial charge in [-0.05, 0) is 20.9 Å². The monoisotopic (exact) mass is 484 g/mol. The number of nitrogens with one attached hydrogen (secondary N) is 2. The lowest BCUT2D eigenvalue weighted by molar-refractivity contribution is -0.124. The van der Waals surface area contributed by atoms with Gasteiger partial charge in [0.05, 0.1) is 29.8 Å². The van der Waals surface area contributed by atoms with E-state index >= 15 is 0 Å². The van der Waals surface area contributed by atoms with E-state index in [1.54, 1.807) is 30.7 Å². The number of anilines is 2. The molecule has 1 amide bonds. The van der Waals surface area contributed by atoms with E-state index in [1.165, 1.54) is 6.20 Å². The fourth-order valence-electron chi connectivity index (χ4n) is 4.58. The lowest BCUT2D eigenvalue weighted by Gasteiger charge is -2.40. The summed E-state index contributed by atoms with van der Waals surface area (Å²) >= 11 is 0. The molecule has 2 saturated heterocycles. The molecule has 11 nitrogen and oxygen atoms in total. The molecule has 2 aliphatic heterocycles. The van der Waals surface area contributed by atoms with Crippen LogP contribution in [0.25, 0.3) is 0 Å². The van der Waals surface area contributed by atoms with E-state index in [0.717, 1.165) is 6.20 Å². The Balaban J connectivity index is 1.78. The van der Waals surface area contributed by atoms with Crippen LogP contribution in [0.2, 0.25) is 0 Å². The van der Waals surface area contributed by atoms with Crippen molar-refractivity contribution in [1.82, 2.24) is 20.1 Å². The maximum absolute atomic E-state index is 14.9. The van der Waals surface area contributed by atoms with Crippen LogP contribution in [0.5, 0.6) is 0 Å². The highest BCUT2D eigenvalue weighted by molar-refractivity contribution is 5.96. The molecule has 5 N–H and O–H groups in total. The van der Waals surface area contributed by atoms with Gasteiger partial charge in [0.15, 0.2) is 12.0 Å². The van der Waals surface area contributed by atoms with Crippen LogP contribution in [0, 0.1) is 16.6 Å². The van der Waals surface area contributed by atoms with Crippen molar-refractivity contribution in [3.8, 4) is 0 Å². The van der Waals surface area contributed by atoms with E-state index in [-0.39, 0.29) is 24.5 Å². The Labute approximate surface area is 197 Å². The Morgan fingerprint density at radius 3 is 2.65 bits per heavy atom. The number of nitroso groups, excluding NO2 is 1. The van der Waals surface area contributed by atoms with Gasteiger partial charge < -0.3 is 21.1 Å². The highest BCUT2D eigenvalue weighted by atomic mass is 19.1. The summed E-state index contributed by atoms with van der Waals surface area (Å²) in [5, 5.41) is 18.5. The molecule has 0 aromatic carbocycles. The first-order chi connectivity index (χ1) is 16.0. The number of piperazine rings is 1. The number of carbonyl (C=O) groups is 1. The number of aliphatic hydroxyl groups is 1. The Hall–Kier alpha value is -2.32. The van der Waals surface area contributed by atoms with Gasteiger partial charge in [-0.15, -0.1) is 4.91 Å². The van der Waals surface area contributed by atoms with Crippen LogP contribution in [-0.4, -0.2) is 103 Å². The van der Waals surface area contributed by atoms with Crippen molar-refractivity contribution in [2.45, 2.75) is 38.0 Å². The van der Waals surface area contributed by atoms with E-state index in [0.29, 0.717) is 32.7 Å². The molecule has 4 unspecified atom stereocenters. The SMILES string of the molecule is CN1CC(F)CNC1C(C(=O)Nc1cncc(F)c1N1CCN(CC(C)(C)O)CC1)C(N)N=O. The number of rotatable bonds is 8. The molecule has 3 rings (SSSR count). The molecular weight excluding hydrogens is 450 g/mol. The van der Waals surface area contributed by atoms with Crippen molar-refractivity contribution in [2.24, 2.45) is 16.8 Å². The molecule has 2 aliphatic rings. The number of aromatic nitrogens is 1. The number of β-amino-alcohol motifs (C(OH)–C–C–N with tert-alkyl or cyclic N) is 1. The van der Waals surface area contributed by atoms with E-state index in [4.69, 9.17) is 5.73 Å². The van der Waals surface area contributed by atoms with Gasteiger partial charge >= 0.3 is 0 Å². The van der Waals surface area contributed by atoms with Crippen molar-refractivity contribution < 1.29 is 18.7 Å². The molecule has 3 heterocycles. The van der Waals surface area contributed by atoms with Gasteiger partial charge in [-0.2, -0.15) is 0 Å². The van der Waals surface area contributed by atoms with Crippen molar-refractivity contribution in [3.05, 3.63) is 23.1 Å². The molecule has 0 aliphatic carbocycles. The highest BCUT2D eigenvalue weighted by Gasteiger charge is 2.40. The number of alkyl halides is 1. The molecule has 0 saturated carbocycles. The van der Waals surface area contributed by atoms with E-state index < -0.39 is 41.7 Å². The van der Waals surface area contributed by atoms with Gasteiger partial charge in [-0.3, -0.25) is 24.9 Å². The minimum Gasteiger partial charge on any atom is -0.389 e. The zero-order chi connectivity index (χ0) is 25.0. The van der Waals surface area contributed by atoms with Gasteiger partial charge in [0.2, 0.25) is 5.91 Å². The predicted octanol–water partition coefficient (Wildman–Crippen LogP) is -0.0813. The van der Waals surface area contributed by atoms with E-state index in [1.807, 2.05) is 0 Å². The first-order valence-electron chi connectivity index (χ1n) is 11.3. The molecule has 0 radical (unpaired) electrons. The molecule has 13 heteroatoms. The lowest BCUT2D eigenvalue weighted by atomic mass is 9.98. The van der Waals surface area contributed by atoms with Crippen molar-refractivity contribution in [1.29, 1.82) is 0 Å². The first-order valence-corrected chi connectivity index (χ1v) is 11.3. The molecule has 0 spiro atoms. The maximum atomic E-state index is 14.9. The summed E-state index contributed by atoms with van der Waals surface area (Å²) in [6.45, 7) is 6.18. The second-order valence-corrected chi connectivity index (χ2v) is 9.59. The quantitative estimate of drug-likeness (QED) is 0.373. The molecule has 34 heavy (non-hydrogen) atoms. The number of nitrogens with two attached hydrogens (primary N) is 1. The normalized spacial score (nSPS) is 24.5. The average molecular weight is 485 g/mol. The summed E-state index contributed by atoms with van der Waals surface area (Å²) < 4.78 is 28.6. The number of hydrogen-bond donors (Lipinski definition) is 4. The lowest BCUT2D eigenvalue weighted by Crippen LogP contribution is -2.62. The summed E-state index contributed by atoms with van der Waals surface area (Å²) in [6.07, 6.45) is -0.838. The summed E-state index contributed by atoms with van der Waals surface area (Å²) in [5.41, 5.74) is 5.34. The fourth-order valence-corrected chi connectivity index (χ4v) is 4.58. The second-order valence-electron chi connectivity index (χ2n) is 9.59. The van der Waals surface area contributed by atoms with E-state index in [9.17, 15) is 23.6 Å². The van der Waals surface area contributed by atoms with Crippen LogP contribution in [0.1, 0.15) is 13.8 Å². The summed E-state index contributed by atoms with van der Waals surface area (Å²) in [5.74, 6) is -2.39. The molecule has 0 bridgehead atoms. The predicted molar refractivity (Wildman–Crippen MR) is 124 cm³/mol. The molecule has 190 valence electrons. The Morgan fingerprint density at radius 1 is 1.38 bits per heavy atom. The summed E-state index contributed by atoms with van der Waals surface area (Å²) in [7, 11) is 1.61. The molecular formula is C21H34F2N8O3. The first kappa shape index (κ1) is 26.3. The van der Waals surface area contributed by atoms with E-state index in [2.05, 4.69) is 25.7 Å². The Bertz CT molecular complexity index is 863. The number of carbonyl (C=O) groups excluding carboxylic acids is 1. The number of hydrogen-bond acceptors (Lipinski definition) is 10. The summed E-state index contributed by atoms with van der Waals surface area (Å²) in [4.78, 5) is 33.8. The maximum Gasteiger partial charge on any atom is 0.234 e. The Kier molecular flexibility index (Phi) is 8.47. The van der Waals surface area contributed by atoms with Crippen LogP contribution in [0.4, 0.5) is 20.2 Å². The third-order valence-corrected chi connectivity index (χ3v) is 6.07. The number of amides is 1. The third-order valence-electron chi connectivity index (χ3n) is 6.07. The largest absolute Gasteiger partial charge is 0.389 e. The minimum atomic E-state index is -1.40. The van der Waals surface area contributed by atoms with Crippen LogP contribution >= 0.6 is 0 Å². The topological polar surface area (TPSA) is 139 Å². The number of nitrogens with zero attached hydrogens (tertiary/aromatic N) is 5. The number of halogens is 2. The zero-order valence-electron chi connectivity index (χ0n) is 19.7. The van der Waals surface area contributed by atoms with Crippen molar-refractivity contribution >= 4 is 17.3 Å². The average Bonchev–Trinajstić information content (AvgIpc) is 2.75. The second kappa shape index (κ2) is 11.0. The summed E-state index contributed by atoms with van der Waals surface area (Å²) in [6, 6.07) is 0. The zero-order valence-corrected chi connectivity index (χ0v) is 19.7. The fraction of sp³-hybridized carbons (Fsp3) is 0.714. The molecule has 4 atom stereocenters. The van der Waals surface area contributed by atoms with Crippen LogP contribution in [0.3, 0.4) is 0 Å². The van der Waals surface area contributed by atoms with Crippen molar-refractivity contribution in [3.63, 3.8) is 0 Å². The van der Waals surface area contributed by atoms with Crippen molar-refractivity contribution in [2.75, 3.05) is 63.1 Å². The molecule has 1 aromatic rings. The standard InChI is InChI=1S/C21H34F2N8O3/c1-21(2,33)12-30-4-6-31(7-5-30)17-14(23)9-25-10-15(17)27-20(32)16(18(24)28-34)19-26-8-13(22)11-29(19)3/h9-10,13,16,18-19,26,33H,4-8,11-12,24H2,1-3H3,(H,27,32). The molecule has 2 fully saturated rings.